The minimum Gasteiger partial charge on any atom is -0.374 e. The molecular formula is C26H39NO3S. The predicted octanol–water partition coefficient (Wildman–Crippen LogP) is 6.34. The van der Waals surface area contributed by atoms with Gasteiger partial charge >= 0.3 is 0 Å². The highest BCUT2D eigenvalue weighted by molar-refractivity contribution is 7.99. The summed E-state index contributed by atoms with van der Waals surface area (Å²) in [7, 11) is 1.40. The quantitative estimate of drug-likeness (QED) is 0.134. The van der Waals surface area contributed by atoms with Gasteiger partial charge in [0, 0.05) is 17.4 Å². The van der Waals surface area contributed by atoms with Crippen LogP contribution in [0.25, 0.3) is 0 Å². The molecule has 0 unspecified atom stereocenters. The molecule has 0 saturated carbocycles. The fourth-order valence-corrected chi connectivity index (χ4v) is 6.08. The highest BCUT2D eigenvalue weighted by Crippen LogP contribution is 2.47. The van der Waals surface area contributed by atoms with E-state index >= 15 is 0 Å². The lowest BCUT2D eigenvalue weighted by Gasteiger charge is -2.27. The van der Waals surface area contributed by atoms with E-state index in [1.165, 1.54) is 49.8 Å². The van der Waals surface area contributed by atoms with Gasteiger partial charge in [-0.15, -0.1) is 11.8 Å². The number of hydrogen-bond donors (Lipinski definition) is 1. The van der Waals surface area contributed by atoms with E-state index in [1.54, 1.807) is 0 Å². The maximum Gasteiger partial charge on any atom is 0.251 e. The lowest BCUT2D eigenvalue weighted by molar-refractivity contribution is -0.169. The fourth-order valence-electron chi connectivity index (χ4n) is 5.15. The van der Waals surface area contributed by atoms with Crippen LogP contribution in [0.4, 0.5) is 0 Å². The molecule has 2 aliphatic heterocycles. The highest BCUT2D eigenvalue weighted by atomic mass is 32.2. The van der Waals surface area contributed by atoms with Gasteiger partial charge in [0.1, 0.15) is 0 Å². The maximum absolute atomic E-state index is 12.0. The Morgan fingerprint density at radius 2 is 1.87 bits per heavy atom. The Morgan fingerprint density at radius 3 is 2.58 bits per heavy atom. The Labute approximate surface area is 192 Å². The Morgan fingerprint density at radius 1 is 1.16 bits per heavy atom. The number of fused-ring (bicyclic) bond motifs is 2. The summed E-state index contributed by atoms with van der Waals surface area (Å²) in [5.74, 6) is 2.31. The van der Waals surface area contributed by atoms with Crippen molar-refractivity contribution in [2.45, 2.75) is 82.3 Å². The van der Waals surface area contributed by atoms with Crippen molar-refractivity contribution in [2.75, 3.05) is 12.8 Å². The number of benzene rings is 1. The van der Waals surface area contributed by atoms with Gasteiger partial charge in [-0.3, -0.25) is 10.0 Å². The van der Waals surface area contributed by atoms with Crippen LogP contribution in [0.1, 0.15) is 65.2 Å². The summed E-state index contributed by atoms with van der Waals surface area (Å²) in [5.41, 5.74) is -0.538. The zero-order chi connectivity index (χ0) is 22.3. The largest absolute Gasteiger partial charge is 0.374 e. The van der Waals surface area contributed by atoms with E-state index in [9.17, 15) is 10.0 Å². The normalized spacial score (nSPS) is 25.4. The predicted molar refractivity (Wildman–Crippen MR) is 127 cm³/mol. The topological polar surface area (TPSA) is 49.8 Å². The highest BCUT2D eigenvalue weighted by Gasteiger charge is 2.47. The van der Waals surface area contributed by atoms with Crippen LogP contribution in [-0.2, 0) is 9.53 Å². The van der Waals surface area contributed by atoms with E-state index in [2.05, 4.69) is 42.5 Å². The minimum atomic E-state index is -0.538. The lowest BCUT2D eigenvalue weighted by atomic mass is 9.75. The van der Waals surface area contributed by atoms with Crippen LogP contribution in [0.15, 0.2) is 47.4 Å². The van der Waals surface area contributed by atoms with Crippen molar-refractivity contribution < 1.29 is 14.7 Å². The van der Waals surface area contributed by atoms with E-state index in [1.807, 2.05) is 25.6 Å². The van der Waals surface area contributed by atoms with Crippen molar-refractivity contribution in [1.82, 2.24) is 5.06 Å². The summed E-state index contributed by atoms with van der Waals surface area (Å²) in [6.45, 7) is 3.79. The van der Waals surface area contributed by atoms with Crippen molar-refractivity contribution in [1.29, 1.82) is 0 Å². The maximum atomic E-state index is 12.0. The molecule has 0 radical (unpaired) electrons. The number of amides is 1. The monoisotopic (exact) mass is 445 g/mol. The molecule has 31 heavy (non-hydrogen) atoms. The Bertz CT molecular complexity index is 719. The third-order valence-electron chi connectivity index (χ3n) is 6.92. The van der Waals surface area contributed by atoms with E-state index in [4.69, 9.17) is 4.74 Å². The first-order chi connectivity index (χ1) is 14.9. The van der Waals surface area contributed by atoms with Gasteiger partial charge in [0.05, 0.1) is 12.2 Å². The average molecular weight is 446 g/mol. The number of hydroxylamine groups is 2. The van der Waals surface area contributed by atoms with Gasteiger partial charge in [-0.1, -0.05) is 50.6 Å². The zero-order valence-corrected chi connectivity index (χ0v) is 20.2. The standard InChI is InChI=1S/C26H39NO3S/c1-26(2,25(28)27(3)29)18-10-5-8-14-21-22(24-17-16-23(21)30-24)15-9-11-19-31-20-12-6-4-7-13-20/h4-8,12-13,21-24,29H,9-11,14-19H2,1-3H3/b8-5-/t21-,22+,23-,24+/m1/s1. The minimum absolute atomic E-state index is 0.229. The summed E-state index contributed by atoms with van der Waals surface area (Å²) in [5, 5.41) is 10.1. The summed E-state index contributed by atoms with van der Waals surface area (Å²) in [6, 6.07) is 10.7. The number of ether oxygens (including phenoxy) is 1. The summed E-state index contributed by atoms with van der Waals surface area (Å²) >= 11 is 1.96. The summed E-state index contributed by atoms with van der Waals surface area (Å²) in [4.78, 5) is 13.4. The van der Waals surface area contributed by atoms with Gasteiger partial charge < -0.3 is 4.74 Å². The van der Waals surface area contributed by atoms with Gasteiger partial charge in [0.2, 0.25) is 0 Å². The number of nitrogens with zero attached hydrogens (tertiary/aromatic N) is 1. The molecule has 2 heterocycles. The van der Waals surface area contributed by atoms with Crippen molar-refractivity contribution in [3.63, 3.8) is 0 Å². The number of rotatable bonds is 12. The molecule has 0 aliphatic carbocycles. The summed E-state index contributed by atoms with van der Waals surface area (Å²) in [6.07, 6.45) is 14.4. The van der Waals surface area contributed by atoms with Gasteiger partial charge in [-0.2, -0.15) is 0 Å². The molecule has 1 N–H and O–H groups in total. The fraction of sp³-hybridized carbons (Fsp3) is 0.654. The first-order valence-corrected chi connectivity index (χ1v) is 12.8. The molecule has 2 aliphatic rings. The molecule has 4 atom stereocenters. The van der Waals surface area contributed by atoms with Crippen LogP contribution in [0, 0.1) is 17.3 Å². The second-order valence-electron chi connectivity index (χ2n) is 9.73. The van der Waals surface area contributed by atoms with Crippen LogP contribution >= 0.6 is 11.8 Å². The molecule has 1 aromatic rings. The second kappa shape index (κ2) is 11.5. The van der Waals surface area contributed by atoms with Crippen molar-refractivity contribution in [3.8, 4) is 0 Å². The average Bonchev–Trinajstić information content (AvgIpc) is 3.35. The van der Waals surface area contributed by atoms with Crippen LogP contribution in [0.5, 0.6) is 0 Å². The number of allylic oxidation sites excluding steroid dienone is 2. The molecular weight excluding hydrogens is 406 g/mol. The molecule has 4 nitrogen and oxygen atoms in total. The van der Waals surface area contributed by atoms with Gasteiger partial charge in [-0.05, 0) is 74.7 Å². The first-order valence-electron chi connectivity index (χ1n) is 11.8. The first kappa shape index (κ1) is 24.3. The molecule has 0 aromatic heterocycles. The smallest absolute Gasteiger partial charge is 0.251 e. The molecule has 2 fully saturated rings. The van der Waals surface area contributed by atoms with Gasteiger partial charge in [-0.25, -0.2) is 5.06 Å². The van der Waals surface area contributed by atoms with Crippen molar-refractivity contribution in [3.05, 3.63) is 42.5 Å². The Kier molecular flexibility index (Phi) is 9.06. The molecule has 172 valence electrons. The lowest BCUT2D eigenvalue weighted by Crippen LogP contribution is -2.36. The zero-order valence-electron chi connectivity index (χ0n) is 19.3. The number of hydrogen-bond acceptors (Lipinski definition) is 4. The molecule has 2 saturated heterocycles. The molecule has 5 heteroatoms. The number of carbonyl (C=O) groups excluding carboxylic acids is 1. The van der Waals surface area contributed by atoms with Gasteiger partial charge in [0.25, 0.3) is 5.91 Å². The van der Waals surface area contributed by atoms with E-state index in [0.717, 1.165) is 19.3 Å². The van der Waals surface area contributed by atoms with E-state index in [0.29, 0.717) is 29.1 Å². The number of carbonyl (C=O) groups is 1. The SMILES string of the molecule is CN(O)C(=O)C(C)(C)CC/C=C\C[C@@H]1[C@H](CCCCSc2ccccc2)[C@@H]2CC[C@H]1O2. The van der Waals surface area contributed by atoms with E-state index < -0.39 is 5.41 Å². The van der Waals surface area contributed by atoms with Gasteiger partial charge in [0.15, 0.2) is 0 Å². The van der Waals surface area contributed by atoms with Crippen molar-refractivity contribution in [2.24, 2.45) is 17.3 Å². The molecule has 1 amide bonds. The Balaban J connectivity index is 1.38. The number of thioether (sulfide) groups is 1. The summed E-state index contributed by atoms with van der Waals surface area (Å²) < 4.78 is 6.28. The second-order valence-corrected chi connectivity index (χ2v) is 10.9. The van der Waals surface area contributed by atoms with Crippen LogP contribution in [0.2, 0.25) is 0 Å². The molecule has 1 aromatic carbocycles. The van der Waals surface area contributed by atoms with E-state index in [-0.39, 0.29) is 5.91 Å². The van der Waals surface area contributed by atoms with Crippen LogP contribution in [0.3, 0.4) is 0 Å². The van der Waals surface area contributed by atoms with Crippen LogP contribution < -0.4 is 0 Å². The third-order valence-corrected chi connectivity index (χ3v) is 8.02. The number of unbranched alkanes of at least 4 members (excludes halogenated alkanes) is 1. The van der Waals surface area contributed by atoms with Crippen LogP contribution in [-0.4, -0.2) is 41.2 Å². The molecule has 3 rings (SSSR count). The third kappa shape index (κ3) is 6.84. The van der Waals surface area contributed by atoms with Crippen molar-refractivity contribution >= 4 is 17.7 Å². The Hall–Kier alpha value is -1.30. The molecule has 2 bridgehead atoms. The molecule has 0 spiro atoms.